The third-order valence-electron chi connectivity index (χ3n) is 5.61. The Kier molecular flexibility index (Phi) is 6.05. The van der Waals surface area contributed by atoms with Crippen molar-refractivity contribution in [2.45, 2.75) is 6.92 Å². The lowest BCUT2D eigenvalue weighted by atomic mass is 10.0. The van der Waals surface area contributed by atoms with E-state index in [4.69, 9.17) is 4.74 Å². The summed E-state index contributed by atoms with van der Waals surface area (Å²) in [6.07, 6.45) is 5.14. The number of nitrogens with zero attached hydrogens (tertiary/aromatic N) is 4. The Balaban J connectivity index is 1.61. The summed E-state index contributed by atoms with van der Waals surface area (Å²) in [5.74, 6) is -0.190. The van der Waals surface area contributed by atoms with E-state index >= 15 is 0 Å². The maximum absolute atomic E-state index is 14.8. The van der Waals surface area contributed by atoms with Gasteiger partial charge in [0.1, 0.15) is 11.5 Å². The average molecular weight is 462 g/mol. The van der Waals surface area contributed by atoms with Crippen LogP contribution in [0.15, 0.2) is 48.9 Å². The van der Waals surface area contributed by atoms with E-state index in [0.717, 1.165) is 29.9 Å². The van der Waals surface area contributed by atoms with Gasteiger partial charge in [0.15, 0.2) is 0 Å². The van der Waals surface area contributed by atoms with E-state index in [1.165, 1.54) is 6.07 Å². The third-order valence-corrected chi connectivity index (χ3v) is 5.61. The average Bonchev–Trinajstić information content (AvgIpc) is 3.27. The highest BCUT2D eigenvalue weighted by atomic mass is 19.1. The van der Waals surface area contributed by atoms with Crippen LogP contribution in [-0.2, 0) is 4.74 Å². The predicted molar refractivity (Wildman–Crippen MR) is 128 cm³/mol. The first-order chi connectivity index (χ1) is 16.6. The second-order valence-electron chi connectivity index (χ2n) is 7.85. The molecule has 0 atom stereocenters. The number of fused-ring (bicyclic) bond motifs is 1. The van der Waals surface area contributed by atoms with Crippen LogP contribution in [0.25, 0.3) is 33.4 Å². The van der Waals surface area contributed by atoms with Crippen molar-refractivity contribution in [1.29, 1.82) is 0 Å². The van der Waals surface area contributed by atoms with Gasteiger partial charge in [-0.15, -0.1) is 0 Å². The van der Waals surface area contributed by atoms with Gasteiger partial charge in [-0.3, -0.25) is 15.3 Å². The van der Waals surface area contributed by atoms with Crippen LogP contribution in [0, 0.1) is 5.82 Å². The molecular weight excluding hydrogens is 437 g/mol. The molecule has 2 amide bonds. The van der Waals surface area contributed by atoms with Crippen LogP contribution in [0.3, 0.4) is 0 Å². The van der Waals surface area contributed by atoms with Crippen molar-refractivity contribution < 1.29 is 13.9 Å². The molecule has 0 saturated carbocycles. The molecule has 5 rings (SSSR count). The standard InChI is InChI=1S/C24H24FN7O2/c1-2-27-24(33)31-23-29-20-12-15(11-18(22(20)30-23)21-19(25)4-3-5-28-21)16-10-17(14-26-13-16)32-6-8-34-9-7-32/h3-5,10-14H,2,6-9H2,1H3,(H3,27,29,30,31,33). The smallest absolute Gasteiger partial charge is 0.321 e. The van der Waals surface area contributed by atoms with Crippen LogP contribution in [0.2, 0.25) is 0 Å². The number of aromatic amines is 1. The molecule has 3 N–H and O–H groups in total. The molecule has 4 heterocycles. The number of rotatable bonds is 5. The molecule has 10 heteroatoms. The maximum Gasteiger partial charge on any atom is 0.321 e. The fourth-order valence-electron chi connectivity index (χ4n) is 4.00. The number of hydrogen-bond donors (Lipinski definition) is 3. The minimum Gasteiger partial charge on any atom is -0.378 e. The number of amides is 2. The molecule has 0 aliphatic carbocycles. The summed E-state index contributed by atoms with van der Waals surface area (Å²) in [4.78, 5) is 30.5. The first-order valence-electron chi connectivity index (χ1n) is 11.1. The Morgan fingerprint density at radius 2 is 2.06 bits per heavy atom. The van der Waals surface area contributed by atoms with Crippen LogP contribution in [0.1, 0.15) is 6.92 Å². The molecule has 1 fully saturated rings. The van der Waals surface area contributed by atoms with Gasteiger partial charge in [0.2, 0.25) is 5.95 Å². The predicted octanol–water partition coefficient (Wildman–Crippen LogP) is 3.80. The lowest BCUT2D eigenvalue weighted by Gasteiger charge is -2.28. The van der Waals surface area contributed by atoms with Crippen LogP contribution in [0.5, 0.6) is 0 Å². The summed E-state index contributed by atoms with van der Waals surface area (Å²) >= 11 is 0. The second kappa shape index (κ2) is 9.44. The van der Waals surface area contributed by atoms with E-state index in [1.54, 1.807) is 18.5 Å². The van der Waals surface area contributed by atoms with Crippen LogP contribution < -0.4 is 15.5 Å². The molecule has 9 nitrogen and oxygen atoms in total. The number of ether oxygens (including phenoxy) is 1. The highest BCUT2D eigenvalue weighted by Crippen LogP contribution is 2.35. The molecule has 34 heavy (non-hydrogen) atoms. The number of anilines is 2. The zero-order valence-corrected chi connectivity index (χ0v) is 18.6. The first kappa shape index (κ1) is 21.8. The summed E-state index contributed by atoms with van der Waals surface area (Å²) in [7, 11) is 0. The summed E-state index contributed by atoms with van der Waals surface area (Å²) in [6, 6.07) is 8.34. The Bertz CT molecular complexity index is 1330. The number of aromatic nitrogens is 4. The molecule has 1 saturated heterocycles. The molecule has 0 radical (unpaired) electrons. The van der Waals surface area contributed by atoms with Crippen molar-refractivity contribution in [3.8, 4) is 22.4 Å². The van der Waals surface area contributed by atoms with Gasteiger partial charge in [-0.05, 0) is 42.8 Å². The van der Waals surface area contributed by atoms with Gasteiger partial charge < -0.3 is 19.9 Å². The molecule has 174 valence electrons. The van der Waals surface area contributed by atoms with Crippen molar-refractivity contribution in [3.63, 3.8) is 0 Å². The highest BCUT2D eigenvalue weighted by molar-refractivity contribution is 5.98. The number of pyridine rings is 2. The van der Waals surface area contributed by atoms with E-state index in [-0.39, 0.29) is 17.7 Å². The van der Waals surface area contributed by atoms with Gasteiger partial charge in [0.05, 0.1) is 36.1 Å². The minimum absolute atomic E-state index is 0.194. The Hall–Kier alpha value is -4.05. The SMILES string of the molecule is CCNC(=O)Nc1nc2cc(-c3cncc(N4CCOCC4)c3)cc(-c3ncccc3F)c2[nH]1. The monoisotopic (exact) mass is 461 g/mol. The fraction of sp³-hybridized carbons (Fsp3) is 0.250. The van der Waals surface area contributed by atoms with Crippen LogP contribution >= 0.6 is 0 Å². The zero-order valence-electron chi connectivity index (χ0n) is 18.6. The number of halogens is 1. The second-order valence-corrected chi connectivity index (χ2v) is 7.85. The van der Waals surface area contributed by atoms with E-state index in [1.807, 2.05) is 25.3 Å². The van der Waals surface area contributed by atoms with E-state index in [2.05, 4.69) is 41.5 Å². The third kappa shape index (κ3) is 4.40. The lowest BCUT2D eigenvalue weighted by molar-refractivity contribution is 0.122. The molecular formula is C24H24FN7O2. The minimum atomic E-state index is -0.450. The Morgan fingerprint density at radius 3 is 2.85 bits per heavy atom. The molecule has 4 aromatic rings. The van der Waals surface area contributed by atoms with E-state index < -0.39 is 5.82 Å². The topological polar surface area (TPSA) is 108 Å². The highest BCUT2D eigenvalue weighted by Gasteiger charge is 2.18. The lowest BCUT2D eigenvalue weighted by Crippen LogP contribution is -2.36. The summed E-state index contributed by atoms with van der Waals surface area (Å²) in [5.41, 5.74) is 4.55. The van der Waals surface area contributed by atoms with E-state index in [0.29, 0.717) is 36.4 Å². The summed E-state index contributed by atoms with van der Waals surface area (Å²) in [6.45, 7) is 5.24. The number of benzene rings is 1. The largest absolute Gasteiger partial charge is 0.378 e. The number of carbonyl (C=O) groups excluding carboxylic acids is 1. The molecule has 1 aliphatic heterocycles. The number of imidazole rings is 1. The summed E-state index contributed by atoms with van der Waals surface area (Å²) < 4.78 is 20.2. The van der Waals surface area contributed by atoms with E-state index in [9.17, 15) is 9.18 Å². The van der Waals surface area contributed by atoms with Crippen LogP contribution in [-0.4, -0.2) is 58.8 Å². The van der Waals surface area contributed by atoms with Gasteiger partial charge >= 0.3 is 6.03 Å². The van der Waals surface area contributed by atoms with Gasteiger partial charge in [-0.2, -0.15) is 0 Å². The number of urea groups is 1. The quantitative estimate of drug-likeness (QED) is 0.417. The number of hydrogen-bond acceptors (Lipinski definition) is 6. The number of carbonyl (C=O) groups is 1. The van der Waals surface area contributed by atoms with Gasteiger partial charge in [-0.25, -0.2) is 14.2 Å². The maximum atomic E-state index is 14.8. The van der Waals surface area contributed by atoms with Crippen molar-refractivity contribution in [2.24, 2.45) is 0 Å². The molecule has 0 bridgehead atoms. The normalized spacial score (nSPS) is 13.8. The van der Waals surface area contributed by atoms with Crippen molar-refractivity contribution in [2.75, 3.05) is 43.1 Å². The molecule has 0 spiro atoms. The number of H-pyrrole nitrogens is 1. The van der Waals surface area contributed by atoms with Crippen molar-refractivity contribution in [3.05, 3.63) is 54.7 Å². The molecule has 1 aliphatic rings. The number of morpholine rings is 1. The number of nitrogens with one attached hydrogen (secondary N) is 3. The van der Waals surface area contributed by atoms with Gasteiger partial charge in [0, 0.05) is 43.2 Å². The van der Waals surface area contributed by atoms with Gasteiger partial charge in [0.25, 0.3) is 0 Å². The molecule has 3 aromatic heterocycles. The zero-order chi connectivity index (χ0) is 23.5. The Morgan fingerprint density at radius 1 is 1.21 bits per heavy atom. The van der Waals surface area contributed by atoms with Crippen molar-refractivity contribution in [1.82, 2.24) is 25.3 Å². The summed E-state index contributed by atoms with van der Waals surface area (Å²) in [5, 5.41) is 5.34. The Labute approximate surface area is 195 Å². The molecule has 1 aromatic carbocycles. The van der Waals surface area contributed by atoms with Crippen LogP contribution in [0.4, 0.5) is 20.8 Å². The molecule has 0 unspecified atom stereocenters. The first-order valence-corrected chi connectivity index (χ1v) is 11.1. The fourth-order valence-corrected chi connectivity index (χ4v) is 4.00. The van der Waals surface area contributed by atoms with Crippen molar-refractivity contribution >= 4 is 28.7 Å². The van der Waals surface area contributed by atoms with Gasteiger partial charge in [-0.1, -0.05) is 0 Å².